The number of carbonyl (C=O) groups excluding carboxylic acids is 1. The fourth-order valence-corrected chi connectivity index (χ4v) is 8.43. The van der Waals surface area contributed by atoms with Crippen molar-refractivity contribution in [1.29, 1.82) is 0 Å². The second kappa shape index (κ2) is 15.7. The lowest BCUT2D eigenvalue weighted by molar-refractivity contribution is 0.0884. The molecule has 0 saturated heterocycles. The number of hydrogen-bond acceptors (Lipinski definition) is 9. The highest BCUT2D eigenvalue weighted by atomic mass is 32.2. The van der Waals surface area contributed by atoms with E-state index in [0.29, 0.717) is 31.4 Å². The molecule has 0 aliphatic heterocycles. The van der Waals surface area contributed by atoms with Crippen molar-refractivity contribution in [2.75, 3.05) is 18.5 Å². The third kappa shape index (κ3) is 10.4. The Morgan fingerprint density at radius 1 is 1.16 bits per heavy atom. The van der Waals surface area contributed by atoms with E-state index in [4.69, 9.17) is 14.5 Å². The molecule has 1 fully saturated rings. The summed E-state index contributed by atoms with van der Waals surface area (Å²) in [4.78, 5) is 22.2. The number of rotatable bonds is 15. The highest BCUT2D eigenvalue weighted by Crippen LogP contribution is 2.39. The van der Waals surface area contributed by atoms with E-state index in [9.17, 15) is 13.2 Å². The normalized spacial score (nSPS) is 17.4. The molecule has 1 aromatic carbocycles. The Morgan fingerprint density at radius 3 is 2.60 bits per heavy atom. The summed E-state index contributed by atoms with van der Waals surface area (Å²) in [6.45, 7) is 14.2. The number of thiazole rings is 1. The summed E-state index contributed by atoms with van der Waals surface area (Å²) in [6, 6.07) is 6.72. The van der Waals surface area contributed by atoms with E-state index in [1.807, 2.05) is 36.7 Å². The van der Waals surface area contributed by atoms with E-state index in [2.05, 4.69) is 40.0 Å². The smallest absolute Gasteiger partial charge is 0.407 e. The molecule has 0 radical (unpaired) electrons. The van der Waals surface area contributed by atoms with Gasteiger partial charge in [-0.3, -0.25) is 4.57 Å². The number of ether oxygens (including phenoxy) is 2. The summed E-state index contributed by atoms with van der Waals surface area (Å²) in [5.41, 5.74) is 1.45. The van der Waals surface area contributed by atoms with Crippen LogP contribution in [-0.2, 0) is 32.8 Å². The lowest BCUT2D eigenvalue weighted by Crippen LogP contribution is -2.38. The Balaban J connectivity index is 1.44. The van der Waals surface area contributed by atoms with Gasteiger partial charge in [-0.25, -0.2) is 27.9 Å². The van der Waals surface area contributed by atoms with Crippen LogP contribution in [0.3, 0.4) is 0 Å². The lowest BCUT2D eigenvalue weighted by atomic mass is 9.86. The highest BCUT2D eigenvalue weighted by Gasteiger charge is 2.27. The molecule has 3 aromatic rings. The van der Waals surface area contributed by atoms with Gasteiger partial charge in [0.2, 0.25) is 16.0 Å². The van der Waals surface area contributed by atoms with Crippen molar-refractivity contribution < 1.29 is 22.7 Å². The van der Waals surface area contributed by atoms with Gasteiger partial charge < -0.3 is 20.1 Å². The summed E-state index contributed by atoms with van der Waals surface area (Å²) >= 11 is 1.54. The summed E-state index contributed by atoms with van der Waals surface area (Å²) < 4.78 is 42.4. The molecule has 2 heterocycles. The molecule has 248 valence electrons. The number of imidazole rings is 1. The van der Waals surface area contributed by atoms with Crippen LogP contribution < -0.4 is 15.4 Å². The molecular formula is C31H48N6O5S2Si. The predicted molar refractivity (Wildman–Crippen MR) is 182 cm³/mol. The molecule has 1 aliphatic rings. The molecule has 14 heteroatoms. The minimum Gasteiger partial charge on any atom is -0.447 e. The first-order chi connectivity index (χ1) is 21.3. The first-order valence-electron chi connectivity index (χ1n) is 15.7. The van der Waals surface area contributed by atoms with Crippen LogP contribution in [0, 0.1) is 0 Å². The molecular weight excluding hydrogens is 629 g/mol. The summed E-state index contributed by atoms with van der Waals surface area (Å²) in [5, 5.41) is 7.29. The van der Waals surface area contributed by atoms with Gasteiger partial charge in [0.25, 0.3) is 0 Å². The van der Waals surface area contributed by atoms with Crippen molar-refractivity contribution in [2.45, 2.75) is 108 Å². The number of nitrogens with one attached hydrogen (secondary N) is 3. The summed E-state index contributed by atoms with van der Waals surface area (Å²) in [7, 11) is -4.92. The molecule has 1 aliphatic carbocycles. The van der Waals surface area contributed by atoms with E-state index >= 15 is 0 Å². The van der Waals surface area contributed by atoms with E-state index < -0.39 is 18.1 Å². The summed E-state index contributed by atoms with van der Waals surface area (Å²) in [6.07, 6.45) is 8.32. The highest BCUT2D eigenvalue weighted by molar-refractivity contribution is 7.89. The van der Waals surface area contributed by atoms with Crippen molar-refractivity contribution >= 4 is 41.5 Å². The molecule has 11 nitrogen and oxygen atoms in total. The average Bonchev–Trinajstić information content (AvgIpc) is 3.63. The zero-order valence-corrected chi connectivity index (χ0v) is 29.9. The maximum absolute atomic E-state index is 13.4. The lowest BCUT2D eigenvalue weighted by Gasteiger charge is -2.28. The van der Waals surface area contributed by atoms with Gasteiger partial charge in [0.05, 0.1) is 20.9 Å². The van der Waals surface area contributed by atoms with Crippen LogP contribution in [0.2, 0.25) is 25.7 Å². The zero-order chi connectivity index (χ0) is 32.6. The molecule has 0 bridgehead atoms. The van der Waals surface area contributed by atoms with Gasteiger partial charge in [0, 0.05) is 63.9 Å². The van der Waals surface area contributed by atoms with Crippen molar-refractivity contribution in [3.05, 3.63) is 47.4 Å². The zero-order valence-electron chi connectivity index (χ0n) is 27.3. The minimum absolute atomic E-state index is 0.0884. The number of aromatic nitrogens is 3. The molecule has 45 heavy (non-hydrogen) atoms. The van der Waals surface area contributed by atoms with Crippen molar-refractivity contribution in [3.63, 3.8) is 0 Å². The molecule has 2 aromatic heterocycles. The van der Waals surface area contributed by atoms with Gasteiger partial charge in [0.15, 0.2) is 0 Å². The van der Waals surface area contributed by atoms with Gasteiger partial charge >= 0.3 is 6.09 Å². The van der Waals surface area contributed by atoms with Crippen LogP contribution in [-0.4, -0.2) is 62.4 Å². The number of anilines is 1. The molecule has 1 amide bonds. The molecule has 3 N–H and O–H groups in total. The van der Waals surface area contributed by atoms with Gasteiger partial charge in [-0.05, 0) is 57.2 Å². The predicted octanol–water partition coefficient (Wildman–Crippen LogP) is 6.39. The molecule has 1 saturated carbocycles. The van der Waals surface area contributed by atoms with Crippen LogP contribution in [0.1, 0.15) is 62.9 Å². The quantitative estimate of drug-likeness (QED) is 0.124. The fraction of sp³-hybridized carbons (Fsp3) is 0.581. The van der Waals surface area contributed by atoms with Crippen LogP contribution in [0.4, 0.5) is 10.7 Å². The topological polar surface area (TPSA) is 136 Å². The molecule has 0 atom stereocenters. The van der Waals surface area contributed by atoms with Crippen LogP contribution in [0.5, 0.6) is 0 Å². The van der Waals surface area contributed by atoms with Crippen LogP contribution in [0.25, 0.3) is 10.4 Å². The third-order valence-corrected chi connectivity index (χ3v) is 12.1. The number of hydrogen-bond donors (Lipinski definition) is 3. The first kappa shape index (κ1) is 35.1. The van der Waals surface area contributed by atoms with Crippen molar-refractivity contribution in [3.8, 4) is 10.4 Å². The maximum Gasteiger partial charge on any atom is 0.407 e. The van der Waals surface area contributed by atoms with E-state index in [1.165, 1.54) is 11.3 Å². The molecule has 4 rings (SSSR count). The number of carbonyl (C=O) groups is 1. The van der Waals surface area contributed by atoms with Crippen molar-refractivity contribution in [1.82, 2.24) is 24.6 Å². The van der Waals surface area contributed by atoms with Gasteiger partial charge in [-0.15, -0.1) is 11.3 Å². The Kier molecular flexibility index (Phi) is 12.2. The Hall–Kier alpha value is -2.78. The number of amides is 1. The van der Waals surface area contributed by atoms with E-state index in [-0.39, 0.29) is 35.6 Å². The standard InChI is InChI=1S/C31H48N6O5S2Si/c1-7-35-44(39,40)28-18-23(19-34-30-32-14-15-37(30)21-41-16-17-45(4,5)6)8-13-26(28)27-20-33-29(43-27)24-9-11-25(12-10-24)36-31(38)42-22(2)3/h8,13-15,18,20,22,24-25,35H,7,9-12,16-17,19,21H2,1-6H3,(H,32,34)(H,36,38)/t24-,25-. The number of benzene rings is 1. The maximum atomic E-state index is 13.4. The first-order valence-corrected chi connectivity index (χ1v) is 21.7. The second-order valence-corrected chi connectivity index (χ2v) is 21.4. The van der Waals surface area contributed by atoms with E-state index in [0.717, 1.165) is 47.2 Å². The fourth-order valence-electron chi connectivity index (χ4n) is 5.17. The summed E-state index contributed by atoms with van der Waals surface area (Å²) in [5.74, 6) is 0.931. The monoisotopic (exact) mass is 676 g/mol. The third-order valence-electron chi connectivity index (χ3n) is 7.59. The Labute approximate surface area is 272 Å². The molecule has 0 spiro atoms. The van der Waals surface area contributed by atoms with Crippen LogP contribution in [0.15, 0.2) is 41.7 Å². The van der Waals surface area contributed by atoms with Crippen LogP contribution >= 0.6 is 11.3 Å². The average molecular weight is 677 g/mol. The van der Waals surface area contributed by atoms with Gasteiger partial charge in [-0.1, -0.05) is 38.7 Å². The molecule has 0 unspecified atom stereocenters. The number of sulfonamides is 1. The van der Waals surface area contributed by atoms with Gasteiger partial charge in [-0.2, -0.15) is 0 Å². The van der Waals surface area contributed by atoms with Gasteiger partial charge in [0.1, 0.15) is 6.73 Å². The largest absolute Gasteiger partial charge is 0.447 e. The Bertz CT molecular complexity index is 1510. The SMILES string of the molecule is CCNS(=O)(=O)c1cc(CNc2nccn2COCC[Si](C)(C)C)ccc1-c1cnc([C@H]2CC[C@H](NC(=O)OC(C)C)CC2)s1. The second-order valence-electron chi connectivity index (χ2n) is 13.0. The number of nitrogens with zero attached hydrogens (tertiary/aromatic N) is 3. The van der Waals surface area contributed by atoms with Crippen molar-refractivity contribution in [2.24, 2.45) is 0 Å². The number of alkyl carbamates (subject to hydrolysis) is 1. The van der Waals surface area contributed by atoms with E-state index in [1.54, 1.807) is 25.4 Å². The minimum atomic E-state index is -3.75. The Morgan fingerprint density at radius 2 is 1.91 bits per heavy atom.